The van der Waals surface area contributed by atoms with Crippen molar-refractivity contribution in [3.05, 3.63) is 77.1 Å². The number of carbonyl (C=O) groups is 2. The van der Waals surface area contributed by atoms with Gasteiger partial charge in [-0.3, -0.25) is 9.59 Å². The lowest BCUT2D eigenvalue weighted by molar-refractivity contribution is -0.111. The van der Waals surface area contributed by atoms with Crippen molar-refractivity contribution >= 4 is 40.7 Å². The van der Waals surface area contributed by atoms with Gasteiger partial charge in [0, 0.05) is 17.7 Å². The molecule has 0 aliphatic carbocycles. The maximum atomic E-state index is 12.4. The van der Waals surface area contributed by atoms with Crippen LogP contribution in [0.15, 0.2) is 55.4 Å². The fraction of sp³-hybridized carbons (Fsp3) is 0.231. The predicted octanol–water partition coefficient (Wildman–Crippen LogP) is 5.03. The standard InChI is InChI=1S/C26H28ClN5O4/c1-5-9-28-25(34)17-11-18(24(27)22(12-17)35-4)15-36-19-13-29-26(30-14-19)32-20-8-7-16(3)10-21(20)31-23(33)6-2/h6-8,10-14H,2,5,9,15H2,1,3-4H3,(H,28,34)(H,31,33)(H,29,30,32). The molecular weight excluding hydrogens is 482 g/mol. The first-order valence-corrected chi connectivity index (χ1v) is 11.6. The summed E-state index contributed by atoms with van der Waals surface area (Å²) in [6.45, 7) is 8.02. The van der Waals surface area contributed by atoms with E-state index in [1.165, 1.54) is 25.6 Å². The molecule has 0 fully saturated rings. The number of nitrogens with zero attached hydrogens (tertiary/aromatic N) is 2. The molecule has 0 saturated carbocycles. The molecule has 9 nitrogen and oxygen atoms in total. The van der Waals surface area contributed by atoms with Gasteiger partial charge < -0.3 is 25.4 Å². The summed E-state index contributed by atoms with van der Waals surface area (Å²) in [7, 11) is 1.49. The molecule has 1 aromatic heterocycles. The first-order valence-electron chi connectivity index (χ1n) is 11.2. The number of carbonyl (C=O) groups excluding carboxylic acids is 2. The predicted molar refractivity (Wildman–Crippen MR) is 140 cm³/mol. The molecule has 36 heavy (non-hydrogen) atoms. The molecule has 3 rings (SSSR count). The first kappa shape index (κ1) is 26.5. The molecule has 0 saturated heterocycles. The van der Waals surface area contributed by atoms with Gasteiger partial charge in [-0.1, -0.05) is 31.2 Å². The molecule has 0 aliphatic heterocycles. The summed E-state index contributed by atoms with van der Waals surface area (Å²) in [6, 6.07) is 8.81. The number of ether oxygens (including phenoxy) is 2. The van der Waals surface area contributed by atoms with Crippen molar-refractivity contribution in [1.82, 2.24) is 15.3 Å². The van der Waals surface area contributed by atoms with E-state index >= 15 is 0 Å². The van der Waals surface area contributed by atoms with E-state index in [4.69, 9.17) is 21.1 Å². The van der Waals surface area contributed by atoms with E-state index in [9.17, 15) is 9.59 Å². The van der Waals surface area contributed by atoms with Gasteiger partial charge in [0.25, 0.3) is 5.91 Å². The van der Waals surface area contributed by atoms with E-state index in [0.29, 0.717) is 51.5 Å². The zero-order chi connectivity index (χ0) is 26.1. The van der Waals surface area contributed by atoms with Gasteiger partial charge in [0.05, 0.1) is 35.9 Å². The number of benzene rings is 2. The number of rotatable bonds is 11. The molecule has 188 valence electrons. The number of methoxy groups -OCH3 is 1. The summed E-state index contributed by atoms with van der Waals surface area (Å²) < 4.78 is 11.1. The van der Waals surface area contributed by atoms with Crippen molar-refractivity contribution < 1.29 is 19.1 Å². The van der Waals surface area contributed by atoms with Crippen LogP contribution in [0.2, 0.25) is 5.02 Å². The average molecular weight is 510 g/mol. The second-order valence-corrected chi connectivity index (χ2v) is 8.18. The number of aryl methyl sites for hydroxylation is 1. The molecular formula is C26H28ClN5O4. The van der Waals surface area contributed by atoms with Crippen LogP contribution < -0.4 is 25.4 Å². The van der Waals surface area contributed by atoms with Crippen LogP contribution in [0.1, 0.15) is 34.8 Å². The van der Waals surface area contributed by atoms with E-state index in [1.807, 2.05) is 32.0 Å². The molecule has 2 aromatic carbocycles. The number of hydrogen-bond donors (Lipinski definition) is 3. The van der Waals surface area contributed by atoms with Gasteiger partial charge in [0.15, 0.2) is 5.75 Å². The first-order chi connectivity index (χ1) is 17.3. The van der Waals surface area contributed by atoms with Crippen LogP contribution in [0.25, 0.3) is 0 Å². The van der Waals surface area contributed by atoms with Gasteiger partial charge in [-0.15, -0.1) is 0 Å². The fourth-order valence-corrected chi connectivity index (χ4v) is 3.41. The highest BCUT2D eigenvalue weighted by Crippen LogP contribution is 2.31. The Bertz CT molecular complexity index is 1250. The molecule has 0 atom stereocenters. The molecule has 0 bridgehead atoms. The highest BCUT2D eigenvalue weighted by molar-refractivity contribution is 6.33. The summed E-state index contributed by atoms with van der Waals surface area (Å²) in [5, 5.41) is 9.03. The van der Waals surface area contributed by atoms with E-state index in [-0.39, 0.29) is 18.4 Å². The van der Waals surface area contributed by atoms with Crippen molar-refractivity contribution in [2.75, 3.05) is 24.3 Å². The van der Waals surface area contributed by atoms with Gasteiger partial charge in [-0.25, -0.2) is 9.97 Å². The van der Waals surface area contributed by atoms with Crippen molar-refractivity contribution in [3.63, 3.8) is 0 Å². The molecule has 0 aliphatic rings. The highest BCUT2D eigenvalue weighted by Gasteiger charge is 2.15. The Kier molecular flexibility index (Phi) is 9.24. The number of amides is 2. The lowest BCUT2D eigenvalue weighted by Crippen LogP contribution is -2.24. The maximum Gasteiger partial charge on any atom is 0.251 e. The summed E-state index contributed by atoms with van der Waals surface area (Å²) >= 11 is 6.43. The van der Waals surface area contributed by atoms with Crippen molar-refractivity contribution in [2.24, 2.45) is 0 Å². The third kappa shape index (κ3) is 6.96. The molecule has 3 N–H and O–H groups in total. The normalized spacial score (nSPS) is 10.3. The zero-order valence-electron chi connectivity index (χ0n) is 20.4. The van der Waals surface area contributed by atoms with Crippen LogP contribution >= 0.6 is 11.6 Å². The maximum absolute atomic E-state index is 12.4. The zero-order valence-corrected chi connectivity index (χ0v) is 21.1. The smallest absolute Gasteiger partial charge is 0.251 e. The summed E-state index contributed by atoms with van der Waals surface area (Å²) in [6.07, 6.45) is 5.04. The second-order valence-electron chi connectivity index (χ2n) is 7.81. The number of aromatic nitrogens is 2. The van der Waals surface area contributed by atoms with Crippen LogP contribution in [-0.2, 0) is 11.4 Å². The van der Waals surface area contributed by atoms with Crippen molar-refractivity contribution in [2.45, 2.75) is 26.9 Å². The molecule has 1 heterocycles. The van der Waals surface area contributed by atoms with Crippen LogP contribution in [-0.4, -0.2) is 35.4 Å². The monoisotopic (exact) mass is 509 g/mol. The van der Waals surface area contributed by atoms with E-state index in [1.54, 1.807) is 12.1 Å². The van der Waals surface area contributed by atoms with Crippen molar-refractivity contribution in [1.29, 1.82) is 0 Å². The minimum absolute atomic E-state index is 0.0793. The Morgan fingerprint density at radius 1 is 1.14 bits per heavy atom. The molecule has 0 radical (unpaired) electrons. The largest absolute Gasteiger partial charge is 0.495 e. The minimum atomic E-state index is -0.324. The number of nitrogens with one attached hydrogen (secondary N) is 3. The molecule has 10 heteroatoms. The van der Waals surface area contributed by atoms with Crippen LogP contribution in [0.5, 0.6) is 11.5 Å². The number of hydrogen-bond acceptors (Lipinski definition) is 7. The highest BCUT2D eigenvalue weighted by atomic mass is 35.5. The van der Waals surface area contributed by atoms with E-state index in [2.05, 4.69) is 32.5 Å². The van der Waals surface area contributed by atoms with Crippen molar-refractivity contribution in [3.8, 4) is 11.5 Å². The van der Waals surface area contributed by atoms with Crippen LogP contribution in [0, 0.1) is 6.92 Å². The minimum Gasteiger partial charge on any atom is -0.495 e. The Hall–Kier alpha value is -4.11. The topological polar surface area (TPSA) is 114 Å². The quantitative estimate of drug-likeness (QED) is 0.310. The molecule has 3 aromatic rings. The summed E-state index contributed by atoms with van der Waals surface area (Å²) in [5.74, 6) is 0.560. The van der Waals surface area contributed by atoms with Gasteiger partial charge in [0.1, 0.15) is 12.4 Å². The molecule has 2 amide bonds. The van der Waals surface area contributed by atoms with Gasteiger partial charge in [-0.05, 0) is 49.2 Å². The van der Waals surface area contributed by atoms with E-state index in [0.717, 1.165) is 12.0 Å². The lowest BCUT2D eigenvalue weighted by Gasteiger charge is -2.14. The average Bonchev–Trinajstić information content (AvgIpc) is 2.88. The van der Waals surface area contributed by atoms with Gasteiger partial charge in [-0.2, -0.15) is 0 Å². The van der Waals surface area contributed by atoms with Gasteiger partial charge in [0.2, 0.25) is 11.9 Å². The Balaban J connectivity index is 1.71. The van der Waals surface area contributed by atoms with Crippen LogP contribution in [0.3, 0.4) is 0 Å². The second kappa shape index (κ2) is 12.6. The summed E-state index contributed by atoms with van der Waals surface area (Å²) in [4.78, 5) is 32.7. The third-order valence-corrected chi connectivity index (χ3v) is 5.45. The lowest BCUT2D eigenvalue weighted by atomic mass is 10.1. The van der Waals surface area contributed by atoms with Crippen LogP contribution in [0.4, 0.5) is 17.3 Å². The van der Waals surface area contributed by atoms with E-state index < -0.39 is 0 Å². The Morgan fingerprint density at radius 2 is 1.89 bits per heavy atom. The summed E-state index contributed by atoms with van der Waals surface area (Å²) in [5.41, 5.74) is 3.20. The SMILES string of the molecule is C=CC(=O)Nc1cc(C)ccc1Nc1ncc(OCc2cc(C(=O)NCCC)cc(OC)c2Cl)cn1. The third-order valence-electron chi connectivity index (χ3n) is 5.02. The fourth-order valence-electron chi connectivity index (χ4n) is 3.17. The Morgan fingerprint density at radius 3 is 2.56 bits per heavy atom. The molecule has 0 spiro atoms. The molecule has 0 unspecified atom stereocenters. The number of anilines is 3. The Labute approximate surface area is 214 Å². The number of halogens is 1. The van der Waals surface area contributed by atoms with Gasteiger partial charge >= 0.3 is 0 Å².